The van der Waals surface area contributed by atoms with Crippen LogP contribution in [0, 0.1) is 16.7 Å². The molecule has 1 saturated carbocycles. The van der Waals surface area contributed by atoms with Gasteiger partial charge in [-0.3, -0.25) is 4.79 Å². The molecule has 176 valence electrons. The van der Waals surface area contributed by atoms with Gasteiger partial charge in [-0.25, -0.2) is 9.97 Å². The average Bonchev–Trinajstić information content (AvgIpc) is 3.55. The minimum Gasteiger partial charge on any atom is -0.396 e. The van der Waals surface area contributed by atoms with Gasteiger partial charge in [0.15, 0.2) is 10.3 Å². The Bertz CT molecular complexity index is 1120. The highest BCUT2D eigenvalue weighted by atomic mass is 32.1. The molecule has 1 fully saturated rings. The number of carbonyl (C=O) groups is 1. The third-order valence-electron chi connectivity index (χ3n) is 7.71. The maximum Gasteiger partial charge on any atom is 0.226 e. The molecule has 7 nitrogen and oxygen atoms in total. The minimum atomic E-state index is -0.625. The molecule has 5 rings (SSSR count). The van der Waals surface area contributed by atoms with E-state index < -0.39 is 11.5 Å². The molecule has 0 aromatic carbocycles. The van der Waals surface area contributed by atoms with Gasteiger partial charge in [-0.15, -0.1) is 34.0 Å². The van der Waals surface area contributed by atoms with Crippen LogP contribution in [0.4, 0.5) is 15.3 Å². The van der Waals surface area contributed by atoms with E-state index in [1.165, 1.54) is 11.3 Å². The number of nitrogens with one attached hydrogen (secondary N) is 2. The Kier molecular flexibility index (Phi) is 6.07. The number of fused-ring (bicyclic) bond motifs is 2. The number of anilines is 3. The lowest BCUT2D eigenvalue weighted by Gasteiger charge is -2.58. The molecule has 0 bridgehead atoms. The van der Waals surface area contributed by atoms with Crippen molar-refractivity contribution in [3.63, 3.8) is 0 Å². The number of aromatic nitrogens is 2. The Morgan fingerprint density at radius 3 is 2.82 bits per heavy atom. The SMILES string of the molecule is C[C@]1(CO)[C@H]2Cc3sc(Nc4cccs4)nc3[C@@H](CC(=O)Nc3nccs3)[C@]2(C)CC[C@H]1O. The Hall–Kier alpha value is -1.85. The van der Waals surface area contributed by atoms with Crippen LogP contribution in [0.2, 0.25) is 0 Å². The number of carbonyl (C=O) groups excluding carboxylic acids is 1. The topological polar surface area (TPSA) is 107 Å². The molecule has 0 spiro atoms. The second kappa shape index (κ2) is 8.74. The monoisotopic (exact) mass is 504 g/mol. The van der Waals surface area contributed by atoms with Crippen LogP contribution >= 0.6 is 34.0 Å². The molecule has 0 radical (unpaired) electrons. The van der Waals surface area contributed by atoms with E-state index in [0.717, 1.165) is 33.5 Å². The van der Waals surface area contributed by atoms with Gasteiger partial charge in [-0.2, -0.15) is 0 Å². The zero-order valence-corrected chi connectivity index (χ0v) is 21.0. The summed E-state index contributed by atoms with van der Waals surface area (Å²) in [5, 5.41) is 33.9. The van der Waals surface area contributed by atoms with Gasteiger partial charge >= 0.3 is 0 Å². The number of rotatable bonds is 6. The van der Waals surface area contributed by atoms with E-state index in [0.29, 0.717) is 18.0 Å². The molecule has 3 aromatic rings. The summed E-state index contributed by atoms with van der Waals surface area (Å²) < 4.78 is 0. The Morgan fingerprint density at radius 2 is 2.12 bits per heavy atom. The molecule has 0 aliphatic heterocycles. The van der Waals surface area contributed by atoms with E-state index in [9.17, 15) is 15.0 Å². The van der Waals surface area contributed by atoms with E-state index in [2.05, 4.69) is 22.5 Å². The standard InChI is InChI=1S/C23H28N4O3S3/c1-22-6-5-16(29)23(2,12-28)15(22)11-14-19(27-21(33-14)26-18-4-3-8-31-18)13(22)10-17(30)25-20-24-7-9-32-20/h3-4,7-9,13,15-16,28-29H,5-6,10-12H2,1-2H3,(H,26,27)(H,24,25,30)/t13-,15+,16-,22+,23+/m1/s1. The molecule has 10 heteroatoms. The molecule has 3 heterocycles. The first kappa shape index (κ1) is 22.9. The van der Waals surface area contributed by atoms with Crippen molar-refractivity contribution in [2.45, 2.75) is 51.6 Å². The number of hydrogen-bond donors (Lipinski definition) is 4. The van der Waals surface area contributed by atoms with Crippen LogP contribution in [0.1, 0.15) is 49.6 Å². The molecule has 0 saturated heterocycles. The fourth-order valence-corrected chi connectivity index (χ4v) is 8.10. The van der Waals surface area contributed by atoms with Gasteiger partial charge in [0.2, 0.25) is 5.91 Å². The van der Waals surface area contributed by atoms with Gasteiger partial charge in [0, 0.05) is 34.2 Å². The fourth-order valence-electron chi connectivity index (χ4n) is 5.80. The van der Waals surface area contributed by atoms with Crippen LogP contribution in [0.25, 0.3) is 0 Å². The molecule has 33 heavy (non-hydrogen) atoms. The van der Waals surface area contributed by atoms with Crippen molar-refractivity contribution >= 4 is 55.2 Å². The Labute approximate surface area is 204 Å². The number of aliphatic hydroxyl groups excluding tert-OH is 2. The van der Waals surface area contributed by atoms with E-state index >= 15 is 0 Å². The van der Waals surface area contributed by atoms with E-state index in [4.69, 9.17) is 4.98 Å². The average molecular weight is 505 g/mol. The van der Waals surface area contributed by atoms with E-state index in [1.807, 2.05) is 29.8 Å². The van der Waals surface area contributed by atoms with Gasteiger partial charge in [-0.05, 0) is 48.1 Å². The van der Waals surface area contributed by atoms with Crippen LogP contribution in [0.5, 0.6) is 0 Å². The predicted molar refractivity (Wildman–Crippen MR) is 134 cm³/mol. The molecule has 3 aromatic heterocycles. The Morgan fingerprint density at radius 1 is 1.27 bits per heavy atom. The van der Waals surface area contributed by atoms with E-state index in [1.54, 1.807) is 28.9 Å². The number of hydrogen-bond acceptors (Lipinski definition) is 9. The van der Waals surface area contributed by atoms with Gasteiger partial charge < -0.3 is 20.8 Å². The summed E-state index contributed by atoms with van der Waals surface area (Å²) in [4.78, 5) is 23.4. The normalized spacial score (nSPS) is 31.0. The molecule has 1 amide bonds. The number of thiophene rings is 1. The molecule has 2 aliphatic carbocycles. The summed E-state index contributed by atoms with van der Waals surface area (Å²) in [6.07, 6.45) is 3.54. The van der Waals surface area contributed by atoms with Gasteiger partial charge in [0.1, 0.15) is 0 Å². The lowest BCUT2D eigenvalue weighted by atomic mass is 9.47. The highest BCUT2D eigenvalue weighted by Crippen LogP contribution is 2.63. The van der Waals surface area contributed by atoms with Crippen molar-refractivity contribution in [1.82, 2.24) is 9.97 Å². The third kappa shape index (κ3) is 4.01. The number of thiazole rings is 2. The second-order valence-electron chi connectivity index (χ2n) is 9.55. The van der Waals surface area contributed by atoms with Crippen LogP contribution < -0.4 is 10.6 Å². The number of aliphatic hydroxyl groups is 2. The lowest BCUT2D eigenvalue weighted by molar-refractivity contribution is -0.143. The maximum atomic E-state index is 13.1. The van der Waals surface area contributed by atoms with Crippen molar-refractivity contribution in [2.75, 3.05) is 17.2 Å². The smallest absolute Gasteiger partial charge is 0.226 e. The van der Waals surface area contributed by atoms with Gasteiger partial charge in [0.25, 0.3) is 0 Å². The summed E-state index contributed by atoms with van der Waals surface area (Å²) in [6.45, 7) is 4.12. The van der Waals surface area contributed by atoms with Crippen molar-refractivity contribution in [3.05, 3.63) is 39.7 Å². The van der Waals surface area contributed by atoms with Gasteiger partial charge in [-0.1, -0.05) is 13.8 Å². The van der Waals surface area contributed by atoms with Crippen molar-refractivity contribution in [3.8, 4) is 0 Å². The third-order valence-corrected chi connectivity index (χ3v) is 10.2. The largest absolute Gasteiger partial charge is 0.396 e. The van der Waals surface area contributed by atoms with Crippen LogP contribution in [-0.4, -0.2) is 38.8 Å². The number of nitrogens with zero attached hydrogens (tertiary/aromatic N) is 2. The summed E-state index contributed by atoms with van der Waals surface area (Å²) in [5.74, 6) is -0.154. The first-order chi connectivity index (χ1) is 15.8. The van der Waals surface area contributed by atoms with Crippen LogP contribution in [0.15, 0.2) is 29.1 Å². The number of amides is 1. The summed E-state index contributed by atoms with van der Waals surface area (Å²) in [5.41, 5.74) is 0.0851. The molecule has 2 aliphatic rings. The highest BCUT2D eigenvalue weighted by molar-refractivity contribution is 7.17. The maximum absolute atomic E-state index is 13.1. The molecular formula is C23H28N4O3S3. The first-order valence-corrected chi connectivity index (χ1v) is 13.7. The summed E-state index contributed by atoms with van der Waals surface area (Å²) >= 11 is 4.63. The molecule has 5 atom stereocenters. The van der Waals surface area contributed by atoms with E-state index in [-0.39, 0.29) is 29.8 Å². The highest BCUT2D eigenvalue weighted by Gasteiger charge is 2.59. The molecular weight excluding hydrogens is 476 g/mol. The summed E-state index contributed by atoms with van der Waals surface area (Å²) in [6, 6.07) is 4.01. The van der Waals surface area contributed by atoms with Crippen LogP contribution in [-0.2, 0) is 11.2 Å². The quantitative estimate of drug-likeness (QED) is 0.382. The predicted octanol–water partition coefficient (Wildman–Crippen LogP) is 4.85. The van der Waals surface area contributed by atoms with Crippen LogP contribution in [0.3, 0.4) is 0 Å². The van der Waals surface area contributed by atoms with Crippen molar-refractivity contribution in [2.24, 2.45) is 16.7 Å². The van der Waals surface area contributed by atoms with Gasteiger partial charge in [0.05, 0.1) is 23.4 Å². The zero-order valence-electron chi connectivity index (χ0n) is 18.6. The molecule has 4 N–H and O–H groups in total. The second-order valence-corrected chi connectivity index (χ2v) is 12.5. The zero-order chi connectivity index (χ0) is 23.2. The van der Waals surface area contributed by atoms with Crippen molar-refractivity contribution < 1.29 is 15.0 Å². The molecule has 0 unspecified atom stereocenters. The minimum absolute atomic E-state index is 0.0407. The Balaban J connectivity index is 1.52. The lowest BCUT2D eigenvalue weighted by Crippen LogP contribution is -2.57. The fraction of sp³-hybridized carbons (Fsp3) is 0.522. The van der Waals surface area contributed by atoms with Crippen molar-refractivity contribution in [1.29, 1.82) is 0 Å². The first-order valence-electron chi connectivity index (χ1n) is 11.1. The summed E-state index contributed by atoms with van der Waals surface area (Å²) in [7, 11) is 0.